The van der Waals surface area contributed by atoms with Gasteiger partial charge in [-0.1, -0.05) is 6.42 Å². The maximum atomic E-state index is 12.9. The van der Waals surface area contributed by atoms with Crippen LogP contribution in [-0.4, -0.2) is 49.7 Å². The van der Waals surface area contributed by atoms with Crippen LogP contribution in [0.4, 0.5) is 0 Å². The summed E-state index contributed by atoms with van der Waals surface area (Å²) in [6, 6.07) is 1.79. The zero-order valence-electron chi connectivity index (χ0n) is 12.5. The van der Waals surface area contributed by atoms with E-state index in [2.05, 4.69) is 10.1 Å². The third-order valence-corrected chi connectivity index (χ3v) is 5.26. The molecule has 2 aliphatic rings. The smallest absolute Gasteiger partial charge is 0.259 e. The van der Waals surface area contributed by atoms with Gasteiger partial charge in [0, 0.05) is 30.9 Å². The third-order valence-electron chi connectivity index (χ3n) is 5.26. The summed E-state index contributed by atoms with van der Waals surface area (Å²) < 4.78 is 1.62. The van der Waals surface area contributed by atoms with E-state index in [1.807, 2.05) is 4.90 Å². The van der Waals surface area contributed by atoms with E-state index in [0.717, 1.165) is 38.6 Å². The van der Waals surface area contributed by atoms with Gasteiger partial charge in [0.1, 0.15) is 5.56 Å². The quantitative estimate of drug-likeness (QED) is 0.866. The highest BCUT2D eigenvalue weighted by molar-refractivity contribution is 5.99. The molecule has 1 amide bonds. The fraction of sp³-hybridized carbons (Fsp3) is 0.562. The Balaban J connectivity index is 1.62. The van der Waals surface area contributed by atoms with Crippen LogP contribution in [0.1, 0.15) is 42.5 Å². The summed E-state index contributed by atoms with van der Waals surface area (Å²) in [4.78, 5) is 19.0. The summed E-state index contributed by atoms with van der Waals surface area (Å²) in [7, 11) is 0. The molecule has 1 spiro atoms. The minimum Gasteiger partial charge on any atom is -0.392 e. The standard InChI is InChI=1S/C16H20N4O2/c21-13-4-1-5-16(13)6-2-8-19(11-16)15(22)12-10-18-20-9-3-7-17-14(12)20/h3,7,9-10,13,21H,1-2,4-6,8,11H2/t13-,16+/m1/s1. The highest BCUT2D eigenvalue weighted by atomic mass is 16.3. The first-order valence-electron chi connectivity index (χ1n) is 7.95. The lowest BCUT2D eigenvalue weighted by Crippen LogP contribution is -2.49. The largest absolute Gasteiger partial charge is 0.392 e. The van der Waals surface area contributed by atoms with Gasteiger partial charge in [-0.25, -0.2) is 9.50 Å². The number of likely N-dealkylation sites (tertiary alicyclic amines) is 1. The van der Waals surface area contributed by atoms with Crippen LogP contribution in [0.25, 0.3) is 5.65 Å². The topological polar surface area (TPSA) is 70.7 Å². The Hall–Kier alpha value is -1.95. The average molecular weight is 300 g/mol. The third kappa shape index (κ3) is 2.01. The van der Waals surface area contributed by atoms with Gasteiger partial charge in [0.2, 0.25) is 0 Å². The van der Waals surface area contributed by atoms with Crippen molar-refractivity contribution in [3.63, 3.8) is 0 Å². The summed E-state index contributed by atoms with van der Waals surface area (Å²) in [5, 5.41) is 14.5. The first-order valence-corrected chi connectivity index (χ1v) is 7.95. The van der Waals surface area contributed by atoms with Gasteiger partial charge in [0.15, 0.2) is 5.65 Å². The first kappa shape index (κ1) is 13.7. The number of aliphatic hydroxyl groups excluding tert-OH is 1. The van der Waals surface area contributed by atoms with Crippen LogP contribution in [0, 0.1) is 5.41 Å². The maximum Gasteiger partial charge on any atom is 0.259 e. The molecule has 1 saturated heterocycles. The first-order chi connectivity index (χ1) is 10.7. The molecule has 3 heterocycles. The predicted molar refractivity (Wildman–Crippen MR) is 80.4 cm³/mol. The number of rotatable bonds is 1. The molecule has 22 heavy (non-hydrogen) atoms. The van der Waals surface area contributed by atoms with Crippen LogP contribution in [0.15, 0.2) is 24.7 Å². The van der Waals surface area contributed by atoms with Gasteiger partial charge in [-0.15, -0.1) is 0 Å². The zero-order valence-corrected chi connectivity index (χ0v) is 12.5. The van der Waals surface area contributed by atoms with Crippen LogP contribution in [-0.2, 0) is 0 Å². The van der Waals surface area contributed by atoms with Gasteiger partial charge >= 0.3 is 0 Å². The van der Waals surface area contributed by atoms with Crippen molar-refractivity contribution in [1.82, 2.24) is 19.5 Å². The van der Waals surface area contributed by atoms with Crippen molar-refractivity contribution in [2.24, 2.45) is 5.41 Å². The molecule has 0 unspecified atom stereocenters. The van der Waals surface area contributed by atoms with E-state index in [0.29, 0.717) is 17.8 Å². The molecule has 0 bridgehead atoms. The lowest BCUT2D eigenvalue weighted by molar-refractivity contribution is -0.00530. The van der Waals surface area contributed by atoms with Gasteiger partial charge in [0.25, 0.3) is 5.91 Å². The molecule has 2 aromatic heterocycles. The molecule has 0 radical (unpaired) electrons. The average Bonchev–Trinajstić information content (AvgIpc) is 3.12. The number of amides is 1. The molecule has 6 heteroatoms. The van der Waals surface area contributed by atoms with E-state index in [1.54, 1.807) is 29.2 Å². The molecule has 2 aromatic rings. The number of carbonyl (C=O) groups is 1. The van der Waals surface area contributed by atoms with Gasteiger partial charge < -0.3 is 10.0 Å². The minimum atomic E-state index is -0.273. The molecule has 2 fully saturated rings. The number of carbonyl (C=O) groups excluding carboxylic acids is 1. The zero-order chi connectivity index (χ0) is 15.2. The van der Waals surface area contributed by atoms with Gasteiger partial charge in [-0.3, -0.25) is 4.79 Å². The monoisotopic (exact) mass is 300 g/mol. The molecule has 0 aromatic carbocycles. The Morgan fingerprint density at radius 2 is 2.23 bits per heavy atom. The van der Waals surface area contributed by atoms with Crippen molar-refractivity contribution in [3.8, 4) is 0 Å². The second kappa shape index (κ2) is 5.05. The Labute approximate surface area is 128 Å². The van der Waals surface area contributed by atoms with Crippen molar-refractivity contribution in [1.29, 1.82) is 0 Å². The van der Waals surface area contributed by atoms with E-state index in [-0.39, 0.29) is 17.4 Å². The van der Waals surface area contributed by atoms with Crippen LogP contribution in [0.3, 0.4) is 0 Å². The van der Waals surface area contributed by atoms with Crippen molar-refractivity contribution >= 4 is 11.6 Å². The van der Waals surface area contributed by atoms with Crippen molar-refractivity contribution in [3.05, 3.63) is 30.2 Å². The fourth-order valence-corrected chi connectivity index (χ4v) is 4.08. The van der Waals surface area contributed by atoms with Crippen molar-refractivity contribution in [2.45, 2.75) is 38.2 Å². The lowest BCUT2D eigenvalue weighted by atomic mass is 9.76. The molecular weight excluding hydrogens is 280 g/mol. The Morgan fingerprint density at radius 3 is 3.05 bits per heavy atom. The van der Waals surface area contributed by atoms with Crippen LogP contribution >= 0.6 is 0 Å². The summed E-state index contributed by atoms with van der Waals surface area (Å²) in [6.07, 6.45) is 9.69. The van der Waals surface area contributed by atoms with Gasteiger partial charge in [-0.05, 0) is 31.7 Å². The van der Waals surface area contributed by atoms with E-state index >= 15 is 0 Å². The number of aromatic nitrogens is 3. The molecule has 6 nitrogen and oxygen atoms in total. The number of nitrogens with zero attached hydrogens (tertiary/aromatic N) is 4. The van der Waals surface area contributed by atoms with E-state index in [9.17, 15) is 9.90 Å². The van der Waals surface area contributed by atoms with E-state index < -0.39 is 0 Å². The SMILES string of the molecule is O=C(c1cnn2cccnc12)N1CCC[C@@]2(CCC[C@H]2O)C1. The summed E-state index contributed by atoms with van der Waals surface area (Å²) >= 11 is 0. The number of piperidine rings is 1. The van der Waals surface area contributed by atoms with Crippen molar-refractivity contribution < 1.29 is 9.90 Å². The lowest BCUT2D eigenvalue weighted by Gasteiger charge is -2.42. The Kier molecular flexibility index (Phi) is 3.14. The van der Waals surface area contributed by atoms with Gasteiger partial charge in [-0.2, -0.15) is 5.10 Å². The summed E-state index contributed by atoms with van der Waals surface area (Å²) in [5.41, 5.74) is 1.05. The molecule has 1 aliphatic carbocycles. The summed E-state index contributed by atoms with van der Waals surface area (Å²) in [5.74, 6) is -0.0214. The fourth-order valence-electron chi connectivity index (χ4n) is 4.08. The van der Waals surface area contributed by atoms with E-state index in [1.165, 1.54) is 0 Å². The molecule has 1 saturated carbocycles. The number of aliphatic hydroxyl groups is 1. The highest BCUT2D eigenvalue weighted by Gasteiger charge is 2.45. The molecule has 116 valence electrons. The number of fused-ring (bicyclic) bond motifs is 1. The number of hydrogen-bond donors (Lipinski definition) is 1. The molecule has 2 atom stereocenters. The Morgan fingerprint density at radius 1 is 1.36 bits per heavy atom. The van der Waals surface area contributed by atoms with E-state index in [4.69, 9.17) is 0 Å². The van der Waals surface area contributed by atoms with Crippen LogP contribution in [0.5, 0.6) is 0 Å². The van der Waals surface area contributed by atoms with Crippen LogP contribution in [0.2, 0.25) is 0 Å². The predicted octanol–water partition coefficient (Wildman–Crippen LogP) is 1.50. The molecule has 1 N–H and O–H groups in total. The number of hydrogen-bond acceptors (Lipinski definition) is 4. The van der Waals surface area contributed by atoms with Crippen molar-refractivity contribution in [2.75, 3.05) is 13.1 Å². The second-order valence-corrected chi connectivity index (χ2v) is 6.55. The normalized spacial score (nSPS) is 28.6. The molecule has 1 aliphatic heterocycles. The van der Waals surface area contributed by atoms with Gasteiger partial charge in [0.05, 0.1) is 12.3 Å². The minimum absolute atomic E-state index is 0.0214. The van der Waals surface area contributed by atoms with Crippen LogP contribution < -0.4 is 0 Å². The maximum absolute atomic E-state index is 12.9. The molecular formula is C16H20N4O2. The Bertz CT molecular complexity index is 713. The molecule has 4 rings (SSSR count). The summed E-state index contributed by atoms with van der Waals surface area (Å²) in [6.45, 7) is 1.40. The second-order valence-electron chi connectivity index (χ2n) is 6.55. The highest BCUT2D eigenvalue weighted by Crippen LogP contribution is 2.45.